The molecule has 17 rings (SSSR count). The summed E-state index contributed by atoms with van der Waals surface area (Å²) in [6.45, 7) is 9.34. The Kier molecular flexibility index (Phi) is 7.63. The maximum absolute atomic E-state index is 2.76. The van der Waals surface area contributed by atoms with Crippen LogP contribution in [0.1, 0.15) is 22.3 Å². The number of para-hydroxylation sites is 5. The van der Waals surface area contributed by atoms with E-state index >= 15 is 0 Å². The van der Waals surface area contributed by atoms with Gasteiger partial charge >= 0.3 is 0 Å². The second-order valence-corrected chi connectivity index (χ2v) is 21.6. The van der Waals surface area contributed by atoms with Crippen LogP contribution in [0.5, 0.6) is 0 Å². The summed E-state index contributed by atoms with van der Waals surface area (Å²) >= 11 is 0. The van der Waals surface area contributed by atoms with Gasteiger partial charge in [-0.05, 0) is 113 Å². The summed E-state index contributed by atoms with van der Waals surface area (Å²) in [4.78, 5) is 8.13. The highest BCUT2D eigenvalue weighted by Gasteiger charge is 2.58. The molecule has 0 atom stereocenters. The zero-order valence-corrected chi connectivity index (χ0v) is 40.7. The molecule has 0 saturated carbocycles. The van der Waals surface area contributed by atoms with Crippen LogP contribution in [-0.4, -0.2) is 33.6 Å². The Bertz CT molecular complexity index is 4080. The van der Waals surface area contributed by atoms with Gasteiger partial charge in [-0.3, -0.25) is 0 Å². The quantitative estimate of drug-likeness (QED) is 0.243. The smallest absolute Gasteiger partial charge is 0.252 e. The highest BCUT2D eigenvalue weighted by Crippen LogP contribution is 2.51. The van der Waals surface area contributed by atoms with Gasteiger partial charge in [0.15, 0.2) is 0 Å². The van der Waals surface area contributed by atoms with Crippen LogP contribution in [0.3, 0.4) is 0 Å². The van der Waals surface area contributed by atoms with Crippen molar-refractivity contribution < 1.29 is 0 Å². The predicted molar refractivity (Wildman–Crippen MR) is 312 cm³/mol. The van der Waals surface area contributed by atoms with Crippen LogP contribution in [-0.2, 0) is 0 Å². The van der Waals surface area contributed by atoms with Crippen LogP contribution in [0.2, 0.25) is 0 Å². The summed E-state index contributed by atoms with van der Waals surface area (Å²) in [5.74, 6) is 0. The number of benzene rings is 10. The van der Waals surface area contributed by atoms with E-state index < -0.39 is 0 Å². The zero-order chi connectivity index (χ0) is 47.4. The van der Waals surface area contributed by atoms with Gasteiger partial charge < -0.3 is 14.7 Å². The molecule has 7 heterocycles. The molecule has 0 bridgehead atoms. The van der Waals surface area contributed by atoms with Crippen molar-refractivity contribution in [2.45, 2.75) is 27.7 Å². The normalized spacial score (nSPS) is 14.7. The van der Waals surface area contributed by atoms with Crippen molar-refractivity contribution in [2.24, 2.45) is 0 Å². The van der Waals surface area contributed by atoms with E-state index in [0.29, 0.717) is 0 Å². The van der Waals surface area contributed by atoms with E-state index in [0.717, 1.165) is 0 Å². The van der Waals surface area contributed by atoms with Crippen molar-refractivity contribution in [1.29, 1.82) is 0 Å². The lowest BCUT2D eigenvalue weighted by atomic mass is 9.19. The highest BCUT2D eigenvalue weighted by molar-refractivity contribution is 7.13. The predicted octanol–water partition coefficient (Wildman–Crippen LogP) is 4.10. The van der Waals surface area contributed by atoms with Crippen molar-refractivity contribution in [3.63, 3.8) is 0 Å². The number of rotatable bonds is 2. The number of nitrogens with zero attached hydrogens (tertiary/aromatic N) is 3. The Labute approximate surface area is 423 Å². The molecule has 0 unspecified atom stereocenters. The highest BCUT2D eigenvalue weighted by atomic mass is 15.2. The Morgan fingerprint density at radius 3 is 1.01 bits per heavy atom. The first-order valence-corrected chi connectivity index (χ1v) is 25.9. The van der Waals surface area contributed by atoms with E-state index in [4.69, 9.17) is 0 Å². The van der Waals surface area contributed by atoms with Crippen LogP contribution in [0, 0.1) is 27.7 Å². The number of fused-ring (bicyclic) bond motifs is 20. The molecule has 330 valence electrons. The van der Waals surface area contributed by atoms with Crippen LogP contribution in [0.15, 0.2) is 194 Å². The minimum absolute atomic E-state index is 0.0164. The van der Waals surface area contributed by atoms with E-state index in [9.17, 15) is 0 Å². The average molecular weight is 909 g/mol. The van der Waals surface area contributed by atoms with Crippen molar-refractivity contribution in [3.8, 4) is 0 Å². The molecule has 3 nitrogen and oxygen atoms in total. The van der Waals surface area contributed by atoms with Crippen molar-refractivity contribution in [1.82, 2.24) is 0 Å². The molecular weight excluding hydrogens is 865 g/mol. The third-order valence-electron chi connectivity index (χ3n) is 18.0. The monoisotopic (exact) mass is 909 g/mol. The summed E-state index contributed by atoms with van der Waals surface area (Å²) in [5.41, 5.74) is 38.1. The van der Waals surface area contributed by atoms with Gasteiger partial charge in [0.1, 0.15) is 0 Å². The molecule has 7 aliphatic rings. The van der Waals surface area contributed by atoms with Gasteiger partial charge in [0.25, 0.3) is 20.1 Å². The first-order valence-electron chi connectivity index (χ1n) is 25.9. The lowest BCUT2D eigenvalue weighted by Gasteiger charge is -2.56. The van der Waals surface area contributed by atoms with E-state index in [1.54, 1.807) is 0 Å². The van der Waals surface area contributed by atoms with Crippen LogP contribution in [0.25, 0.3) is 0 Å². The molecule has 7 aliphatic heterocycles. The Morgan fingerprint density at radius 2 is 0.583 bits per heavy atom. The second-order valence-electron chi connectivity index (χ2n) is 21.6. The molecule has 0 amide bonds. The first kappa shape index (κ1) is 39.6. The molecule has 10 aromatic rings. The standard InChI is InChI=1S/C64H44B5N3/c1-37-29-31-41(32-30-37)65-42-17-5-6-18-43(42)66(58-39(3)33-38(2)34-40(58)4)50-36-57-51(35-49(50)65)69-48-23-11-15-27-55(48)71-54-26-14-8-20-45(54)67-44-19-7-12-24-52(44)70-53-25-13-9-21-46(53)68-47-22-10-16-28-56(47)72(57)64-60(68)62(70)59(67)63(71)61(64)69/h5-36H,1-4H3. The fourth-order valence-corrected chi connectivity index (χ4v) is 15.5. The summed E-state index contributed by atoms with van der Waals surface area (Å²) in [6, 6.07) is 75.8. The van der Waals surface area contributed by atoms with Crippen molar-refractivity contribution in [3.05, 3.63) is 216 Å². The number of hydrogen-bond donors (Lipinski definition) is 0. The summed E-state index contributed by atoms with van der Waals surface area (Å²) in [5, 5.41) is 0. The van der Waals surface area contributed by atoms with Crippen LogP contribution in [0.4, 0.5) is 51.2 Å². The number of hydrogen-bond acceptors (Lipinski definition) is 3. The average Bonchev–Trinajstić information content (AvgIpc) is 3.41. The van der Waals surface area contributed by atoms with Gasteiger partial charge in [-0.1, -0.05) is 213 Å². The Hall–Kier alpha value is -8.08. The minimum Gasteiger partial charge on any atom is -0.312 e. The Balaban J connectivity index is 1.06. The molecule has 0 N–H and O–H groups in total. The minimum atomic E-state index is -0.0164. The molecular formula is C64H44B5N3. The lowest BCUT2D eigenvalue weighted by Crippen LogP contribution is -2.77. The third-order valence-corrected chi connectivity index (χ3v) is 18.0. The molecule has 10 aromatic carbocycles. The van der Waals surface area contributed by atoms with E-state index in [1.165, 1.54) is 155 Å². The molecule has 8 heteroatoms. The molecule has 0 aromatic heterocycles. The maximum Gasteiger partial charge on any atom is 0.252 e. The topological polar surface area (TPSA) is 9.72 Å². The fourth-order valence-electron chi connectivity index (χ4n) is 15.5. The van der Waals surface area contributed by atoms with E-state index in [1.807, 2.05) is 0 Å². The lowest BCUT2D eigenvalue weighted by molar-refractivity contribution is 1.23. The van der Waals surface area contributed by atoms with Gasteiger partial charge in [0.05, 0.1) is 0 Å². The van der Waals surface area contributed by atoms with Crippen molar-refractivity contribution in [2.75, 3.05) is 14.7 Å². The van der Waals surface area contributed by atoms with E-state index in [2.05, 4.69) is 237 Å². The van der Waals surface area contributed by atoms with Gasteiger partial charge in [-0.15, -0.1) is 0 Å². The maximum atomic E-state index is 2.76. The number of aryl methyl sites for hydroxylation is 4. The fraction of sp³-hybridized carbons (Fsp3) is 0.0625. The molecule has 0 radical (unpaired) electrons. The second kappa shape index (κ2) is 13.9. The van der Waals surface area contributed by atoms with Gasteiger partial charge in [-0.25, -0.2) is 0 Å². The van der Waals surface area contributed by atoms with Gasteiger partial charge in [0.2, 0.25) is 13.4 Å². The third kappa shape index (κ3) is 4.75. The molecule has 72 heavy (non-hydrogen) atoms. The molecule has 0 saturated heterocycles. The van der Waals surface area contributed by atoms with Crippen molar-refractivity contribution >= 4 is 167 Å². The Morgan fingerprint density at radius 1 is 0.250 bits per heavy atom. The van der Waals surface area contributed by atoms with Crippen LogP contribution >= 0.6 is 0 Å². The van der Waals surface area contributed by atoms with E-state index in [-0.39, 0.29) is 33.6 Å². The summed E-state index contributed by atoms with van der Waals surface area (Å²) < 4.78 is 0. The number of anilines is 9. The molecule has 0 fully saturated rings. The molecule has 0 spiro atoms. The summed E-state index contributed by atoms with van der Waals surface area (Å²) in [6.07, 6.45) is 0. The molecule has 0 aliphatic carbocycles. The zero-order valence-electron chi connectivity index (χ0n) is 40.7. The first-order chi connectivity index (χ1) is 35.4. The van der Waals surface area contributed by atoms with Crippen LogP contribution < -0.4 is 96.6 Å². The summed E-state index contributed by atoms with van der Waals surface area (Å²) in [7, 11) is 0. The SMILES string of the molecule is Cc1ccc(B2c3ccccc3B(c3c(C)cc(C)cc3C)c3cc4c(cc32)B2c3ccccc3N3c5ccccc5B5c6ccccc6N6c7ccccc7B7c8ccccc8N4c4c7c6c5c3c42)cc1. The largest absolute Gasteiger partial charge is 0.312 e. The van der Waals surface area contributed by atoms with Gasteiger partial charge in [-0.2, -0.15) is 0 Å². The van der Waals surface area contributed by atoms with Gasteiger partial charge in [0, 0.05) is 51.2 Å².